The third-order valence-corrected chi connectivity index (χ3v) is 7.96. The topological polar surface area (TPSA) is 124 Å². The minimum absolute atomic E-state index is 0.0863. The second-order valence-electron chi connectivity index (χ2n) is 11.2. The highest BCUT2D eigenvalue weighted by Gasteiger charge is 2.50. The number of amides is 5. The number of fused-ring (bicyclic) bond motifs is 1. The average Bonchev–Trinajstić information content (AvgIpc) is 3.07. The van der Waals surface area contributed by atoms with Crippen LogP contribution in [0.2, 0.25) is 0 Å². The van der Waals surface area contributed by atoms with Gasteiger partial charge in [-0.2, -0.15) is 0 Å². The van der Waals surface area contributed by atoms with Gasteiger partial charge in [-0.3, -0.25) is 9.59 Å². The monoisotopic (exact) mass is 644 g/mol. The van der Waals surface area contributed by atoms with Gasteiger partial charge in [0.15, 0.2) is 0 Å². The molecule has 2 heterocycles. The fraction of sp³-hybridized carbons (Fsp3) is 0.371. The summed E-state index contributed by atoms with van der Waals surface area (Å²) in [6.07, 6.45) is 5.36. The van der Waals surface area contributed by atoms with E-state index in [1.165, 1.54) is 17.9 Å². The van der Waals surface area contributed by atoms with Crippen LogP contribution in [0.25, 0.3) is 0 Å². The maximum atomic E-state index is 13.9. The summed E-state index contributed by atoms with van der Waals surface area (Å²) in [7, 11) is 0. The van der Waals surface area contributed by atoms with E-state index in [0.717, 1.165) is 12.0 Å². The summed E-state index contributed by atoms with van der Waals surface area (Å²) in [5, 5.41) is 8.87. The first-order valence-electron chi connectivity index (χ1n) is 15.8. The molecule has 0 aliphatic carbocycles. The fourth-order valence-electron chi connectivity index (χ4n) is 5.81. The molecule has 250 valence electrons. The van der Waals surface area contributed by atoms with Crippen molar-refractivity contribution >= 4 is 23.9 Å². The number of ether oxygens (including phenoxy) is 2. The Bertz CT molecular complexity index is 1400. The van der Waals surface area contributed by atoms with Gasteiger partial charge < -0.3 is 29.9 Å². The van der Waals surface area contributed by atoms with Gasteiger partial charge in [-0.1, -0.05) is 67.8 Å². The van der Waals surface area contributed by atoms with E-state index in [0.29, 0.717) is 31.6 Å². The smallest absolute Gasteiger partial charge is 0.407 e. The van der Waals surface area contributed by atoms with Crippen molar-refractivity contribution in [1.29, 1.82) is 0 Å². The number of rotatable bonds is 16. The predicted octanol–water partition coefficient (Wildman–Crippen LogP) is 3.83. The van der Waals surface area contributed by atoms with Crippen molar-refractivity contribution in [2.24, 2.45) is 0 Å². The third-order valence-electron chi connectivity index (χ3n) is 7.96. The molecule has 2 saturated heterocycles. The van der Waals surface area contributed by atoms with Crippen LogP contribution >= 0.6 is 0 Å². The molecule has 4 rings (SSSR count). The highest BCUT2D eigenvalue weighted by molar-refractivity contribution is 5.91. The lowest BCUT2D eigenvalue weighted by atomic mass is 10.0. The van der Waals surface area contributed by atoms with Gasteiger partial charge >= 0.3 is 12.1 Å². The van der Waals surface area contributed by atoms with Crippen LogP contribution in [0.3, 0.4) is 0 Å². The fourth-order valence-corrected chi connectivity index (χ4v) is 5.81. The zero-order valence-electron chi connectivity index (χ0n) is 26.7. The molecular formula is C35H44N6O6. The molecule has 0 saturated carbocycles. The Morgan fingerprint density at radius 1 is 0.936 bits per heavy atom. The molecule has 12 nitrogen and oxygen atoms in total. The maximum absolute atomic E-state index is 13.9. The largest absolute Gasteiger partial charge is 0.466 e. The summed E-state index contributed by atoms with van der Waals surface area (Å²) in [6.45, 7) is 12.3. The van der Waals surface area contributed by atoms with Gasteiger partial charge in [0.2, 0.25) is 11.8 Å². The van der Waals surface area contributed by atoms with Gasteiger partial charge in [0.05, 0.1) is 19.4 Å². The molecule has 0 bridgehead atoms. The number of alkyl carbamates (subject to hydrolysis) is 1. The number of benzene rings is 2. The Kier molecular flexibility index (Phi) is 13.0. The number of urea groups is 1. The quantitative estimate of drug-likeness (QED) is 0.162. The van der Waals surface area contributed by atoms with E-state index >= 15 is 0 Å². The molecule has 2 atom stereocenters. The maximum Gasteiger partial charge on any atom is 0.407 e. The summed E-state index contributed by atoms with van der Waals surface area (Å²) < 4.78 is 10.3. The van der Waals surface area contributed by atoms with Crippen LogP contribution < -0.4 is 15.4 Å². The van der Waals surface area contributed by atoms with Gasteiger partial charge in [0, 0.05) is 26.2 Å². The standard InChI is InChI=1S/C35H44N6O6/c1-4-21-39-26-32(42)40-30(15-10-20-36-35(45)47-23-5-2)33(43)38(22-11-14-27-12-8-7-9-13-27)25-31(40)41(39)34(44)37-24-28-16-18-29(19-17-28)46-6-3/h4-9,12-13,16-19,30-31H,1-3,10-11,14-15,20-26H2,(H,36,45)(H,37,44)/t30-,31-/m0/s1. The van der Waals surface area contributed by atoms with Gasteiger partial charge in [0.1, 0.15) is 24.6 Å². The van der Waals surface area contributed by atoms with Crippen molar-refractivity contribution < 1.29 is 28.7 Å². The first kappa shape index (κ1) is 34.8. The van der Waals surface area contributed by atoms with E-state index < -0.39 is 24.3 Å². The van der Waals surface area contributed by atoms with E-state index in [1.54, 1.807) is 38.0 Å². The molecule has 47 heavy (non-hydrogen) atoms. The SMILES string of the molecule is C=CCOC(=O)NCCC[C@H]1C(=O)N(CCCc2ccccc2)C[C@H]2N1C(=O)CN(CC=C)N2C(=O)NCc1ccc(OC=C)cc1. The molecule has 12 heteroatoms. The normalized spacial score (nSPS) is 17.8. The van der Waals surface area contributed by atoms with Crippen LogP contribution in [0.15, 0.2) is 92.7 Å². The Balaban J connectivity index is 1.53. The Hall–Kier alpha value is -5.10. The van der Waals surface area contributed by atoms with Gasteiger partial charge in [0.25, 0.3) is 0 Å². The first-order chi connectivity index (χ1) is 22.9. The van der Waals surface area contributed by atoms with Crippen LogP contribution in [-0.2, 0) is 27.3 Å². The number of piperazine rings is 1. The lowest BCUT2D eigenvalue weighted by Crippen LogP contribution is -2.76. The number of carbonyl (C=O) groups is 4. The molecule has 2 fully saturated rings. The lowest BCUT2D eigenvalue weighted by molar-refractivity contribution is -0.189. The molecular weight excluding hydrogens is 600 g/mol. The van der Waals surface area contributed by atoms with Crippen molar-refractivity contribution in [1.82, 2.24) is 30.5 Å². The number of nitrogens with one attached hydrogen (secondary N) is 2. The molecule has 2 aromatic carbocycles. The van der Waals surface area contributed by atoms with Crippen molar-refractivity contribution in [2.45, 2.75) is 44.4 Å². The highest BCUT2D eigenvalue weighted by atomic mass is 16.5. The van der Waals surface area contributed by atoms with Crippen LogP contribution in [0.1, 0.15) is 30.4 Å². The van der Waals surface area contributed by atoms with Crippen molar-refractivity contribution in [2.75, 3.05) is 39.3 Å². The van der Waals surface area contributed by atoms with E-state index in [1.807, 2.05) is 30.3 Å². The number of hydrazine groups is 1. The van der Waals surface area contributed by atoms with Gasteiger partial charge in [-0.05, 0) is 48.9 Å². The summed E-state index contributed by atoms with van der Waals surface area (Å²) in [5.74, 6) is 0.210. The second-order valence-corrected chi connectivity index (χ2v) is 11.2. The Morgan fingerprint density at radius 3 is 2.40 bits per heavy atom. The van der Waals surface area contributed by atoms with E-state index in [2.05, 4.69) is 42.5 Å². The number of aryl methyl sites for hydroxylation is 1. The van der Waals surface area contributed by atoms with Crippen LogP contribution in [0.5, 0.6) is 5.75 Å². The van der Waals surface area contributed by atoms with Crippen LogP contribution in [0, 0.1) is 0 Å². The molecule has 0 spiro atoms. The lowest BCUT2D eigenvalue weighted by Gasteiger charge is -2.55. The zero-order valence-corrected chi connectivity index (χ0v) is 26.7. The summed E-state index contributed by atoms with van der Waals surface area (Å²) >= 11 is 0. The molecule has 2 N–H and O–H groups in total. The Labute approximate surface area is 276 Å². The van der Waals surface area contributed by atoms with E-state index in [-0.39, 0.29) is 51.1 Å². The predicted molar refractivity (Wildman–Crippen MR) is 178 cm³/mol. The molecule has 0 unspecified atom stereocenters. The molecule has 2 aromatic rings. The van der Waals surface area contributed by atoms with E-state index in [4.69, 9.17) is 9.47 Å². The molecule has 5 amide bonds. The summed E-state index contributed by atoms with van der Waals surface area (Å²) in [4.78, 5) is 56.7. The Morgan fingerprint density at radius 2 is 1.70 bits per heavy atom. The first-order valence-corrected chi connectivity index (χ1v) is 15.8. The summed E-state index contributed by atoms with van der Waals surface area (Å²) in [5.41, 5.74) is 2.02. The van der Waals surface area contributed by atoms with Crippen molar-refractivity contribution in [3.63, 3.8) is 0 Å². The molecule has 2 aliphatic rings. The minimum Gasteiger partial charge on any atom is -0.466 e. The molecule has 0 aromatic heterocycles. The third kappa shape index (κ3) is 9.46. The molecule has 2 aliphatic heterocycles. The summed E-state index contributed by atoms with van der Waals surface area (Å²) in [6, 6.07) is 16.1. The molecule has 0 radical (unpaired) electrons. The highest BCUT2D eigenvalue weighted by Crippen LogP contribution is 2.29. The van der Waals surface area contributed by atoms with E-state index in [9.17, 15) is 19.2 Å². The van der Waals surface area contributed by atoms with Gasteiger partial charge in [-0.25, -0.2) is 19.6 Å². The van der Waals surface area contributed by atoms with Crippen LogP contribution in [0.4, 0.5) is 9.59 Å². The van der Waals surface area contributed by atoms with Crippen LogP contribution in [-0.4, -0.2) is 95.3 Å². The number of carbonyl (C=O) groups excluding carboxylic acids is 4. The second kappa shape index (κ2) is 17.6. The number of hydrogen-bond donors (Lipinski definition) is 2. The average molecular weight is 645 g/mol. The zero-order chi connectivity index (χ0) is 33.6. The number of nitrogens with zero attached hydrogens (tertiary/aromatic N) is 4. The van der Waals surface area contributed by atoms with Crippen molar-refractivity contribution in [3.8, 4) is 5.75 Å². The van der Waals surface area contributed by atoms with Gasteiger partial charge in [-0.15, -0.1) is 6.58 Å². The minimum atomic E-state index is -0.803. The number of hydrogen-bond acceptors (Lipinski definition) is 7. The van der Waals surface area contributed by atoms with Crippen molar-refractivity contribution in [3.05, 3.63) is 104 Å².